The van der Waals surface area contributed by atoms with Crippen molar-refractivity contribution in [2.45, 2.75) is 13.1 Å². The predicted octanol–water partition coefficient (Wildman–Crippen LogP) is 3.64. The van der Waals surface area contributed by atoms with Crippen LogP contribution in [0.15, 0.2) is 47.6 Å². The summed E-state index contributed by atoms with van der Waals surface area (Å²) in [5, 5.41) is 3.85. The number of amides is 2. The minimum absolute atomic E-state index is 0.454. The van der Waals surface area contributed by atoms with Crippen LogP contribution < -0.4 is 11.2 Å². The summed E-state index contributed by atoms with van der Waals surface area (Å²) in [6.45, 7) is 1.70. The lowest BCUT2D eigenvalue weighted by Crippen LogP contribution is -2.25. The summed E-state index contributed by atoms with van der Waals surface area (Å²) in [6, 6.07) is 9.28. The highest BCUT2D eigenvalue weighted by Crippen LogP contribution is 2.30. The van der Waals surface area contributed by atoms with Crippen molar-refractivity contribution in [3.05, 3.63) is 53.6 Å². The molecule has 0 radical (unpaired) electrons. The van der Waals surface area contributed by atoms with Crippen LogP contribution in [-0.2, 0) is 6.18 Å². The Kier molecular flexibility index (Phi) is 4.37. The largest absolute Gasteiger partial charge is 0.416 e. The van der Waals surface area contributed by atoms with Crippen LogP contribution in [0.25, 0.3) is 22.4 Å². The number of hydrogen-bond donors (Lipinski definition) is 3. The molecule has 0 atom stereocenters. The van der Waals surface area contributed by atoms with Crippen molar-refractivity contribution >= 4 is 22.8 Å². The zero-order valence-electron chi connectivity index (χ0n) is 13.6. The van der Waals surface area contributed by atoms with Crippen LogP contribution in [0.1, 0.15) is 18.1 Å². The summed E-state index contributed by atoms with van der Waals surface area (Å²) in [5.41, 5.74) is 9.55. The van der Waals surface area contributed by atoms with Gasteiger partial charge in [0, 0.05) is 5.56 Å². The number of aromatic nitrogens is 2. The number of hydrogen-bond acceptors (Lipinski definition) is 3. The third kappa shape index (κ3) is 3.66. The smallest absolute Gasteiger partial charge is 0.350 e. The molecule has 3 rings (SSSR count). The van der Waals surface area contributed by atoms with Gasteiger partial charge in [-0.05, 0) is 36.8 Å². The molecule has 0 unspecified atom stereocenters. The molecule has 0 fully saturated rings. The molecule has 26 heavy (non-hydrogen) atoms. The first-order valence-electron chi connectivity index (χ1n) is 7.51. The summed E-state index contributed by atoms with van der Waals surface area (Å²) in [5.74, 6) is 0.454. The highest BCUT2D eigenvalue weighted by Gasteiger charge is 2.30. The first-order chi connectivity index (χ1) is 12.2. The number of urea groups is 1. The number of hydrazone groups is 1. The number of alkyl halides is 3. The molecule has 0 saturated heterocycles. The van der Waals surface area contributed by atoms with Gasteiger partial charge in [0.2, 0.25) is 0 Å². The van der Waals surface area contributed by atoms with Crippen LogP contribution >= 0.6 is 0 Å². The maximum absolute atomic E-state index is 12.7. The fourth-order valence-corrected chi connectivity index (χ4v) is 2.39. The van der Waals surface area contributed by atoms with Gasteiger partial charge >= 0.3 is 12.2 Å². The molecule has 1 heterocycles. The molecule has 0 bridgehead atoms. The van der Waals surface area contributed by atoms with Gasteiger partial charge < -0.3 is 10.7 Å². The normalized spacial score (nSPS) is 12.4. The van der Waals surface area contributed by atoms with Crippen molar-refractivity contribution in [1.82, 2.24) is 15.4 Å². The van der Waals surface area contributed by atoms with Gasteiger partial charge in [-0.25, -0.2) is 15.2 Å². The van der Waals surface area contributed by atoms with E-state index in [1.807, 2.05) is 0 Å². The number of aromatic amines is 1. The van der Waals surface area contributed by atoms with E-state index in [0.29, 0.717) is 28.1 Å². The Balaban J connectivity index is 1.92. The van der Waals surface area contributed by atoms with Gasteiger partial charge in [0.05, 0.1) is 22.3 Å². The SMILES string of the molecule is C/C(=N/NC(N)=O)c1ccc2nc(-c3ccc(C(F)(F)F)cc3)[nH]c2c1. The number of imidazole rings is 1. The monoisotopic (exact) mass is 361 g/mol. The molecule has 2 amide bonds. The van der Waals surface area contributed by atoms with E-state index in [1.165, 1.54) is 12.1 Å². The lowest BCUT2D eigenvalue weighted by atomic mass is 10.1. The molecule has 0 spiro atoms. The van der Waals surface area contributed by atoms with E-state index >= 15 is 0 Å². The van der Waals surface area contributed by atoms with Crippen molar-refractivity contribution in [3.8, 4) is 11.4 Å². The molecule has 0 aliphatic carbocycles. The highest BCUT2D eigenvalue weighted by atomic mass is 19.4. The number of carbonyl (C=O) groups is 1. The number of H-pyrrole nitrogens is 1. The van der Waals surface area contributed by atoms with Crippen molar-refractivity contribution in [2.24, 2.45) is 10.8 Å². The van der Waals surface area contributed by atoms with Crippen LogP contribution in [-0.4, -0.2) is 21.7 Å². The maximum Gasteiger partial charge on any atom is 0.416 e. The summed E-state index contributed by atoms with van der Waals surface area (Å²) in [4.78, 5) is 18.2. The Morgan fingerprint density at radius 3 is 2.50 bits per heavy atom. The third-order valence-electron chi connectivity index (χ3n) is 3.72. The van der Waals surface area contributed by atoms with Crippen LogP contribution in [0.2, 0.25) is 0 Å². The van der Waals surface area contributed by atoms with E-state index in [4.69, 9.17) is 5.73 Å². The Hall–Kier alpha value is -3.36. The van der Waals surface area contributed by atoms with Crippen LogP contribution in [0, 0.1) is 0 Å². The van der Waals surface area contributed by atoms with E-state index in [1.54, 1.807) is 25.1 Å². The number of nitrogens with two attached hydrogens (primary N) is 1. The minimum Gasteiger partial charge on any atom is -0.350 e. The summed E-state index contributed by atoms with van der Waals surface area (Å²) in [7, 11) is 0. The molecule has 1 aromatic heterocycles. The number of nitrogens with one attached hydrogen (secondary N) is 2. The average molecular weight is 361 g/mol. The summed E-state index contributed by atoms with van der Waals surface area (Å²) < 4.78 is 38.0. The molecule has 9 heteroatoms. The van der Waals surface area contributed by atoms with Crippen molar-refractivity contribution in [3.63, 3.8) is 0 Å². The zero-order chi connectivity index (χ0) is 18.9. The maximum atomic E-state index is 12.7. The van der Waals surface area contributed by atoms with E-state index in [9.17, 15) is 18.0 Å². The Morgan fingerprint density at radius 2 is 1.88 bits per heavy atom. The van der Waals surface area contributed by atoms with E-state index in [2.05, 4.69) is 20.5 Å². The molecule has 6 nitrogen and oxygen atoms in total. The van der Waals surface area contributed by atoms with Gasteiger partial charge in [-0.1, -0.05) is 18.2 Å². The van der Waals surface area contributed by atoms with Gasteiger partial charge in [0.25, 0.3) is 0 Å². The second-order valence-electron chi connectivity index (χ2n) is 5.57. The number of benzene rings is 2. The molecule has 2 aromatic carbocycles. The van der Waals surface area contributed by atoms with Crippen molar-refractivity contribution in [1.29, 1.82) is 0 Å². The number of fused-ring (bicyclic) bond motifs is 1. The Labute approximate surface area is 145 Å². The van der Waals surface area contributed by atoms with Gasteiger partial charge in [-0.3, -0.25) is 0 Å². The lowest BCUT2D eigenvalue weighted by molar-refractivity contribution is -0.137. The fourth-order valence-electron chi connectivity index (χ4n) is 2.39. The molecule has 0 aliphatic rings. The fraction of sp³-hybridized carbons (Fsp3) is 0.118. The van der Waals surface area contributed by atoms with Crippen LogP contribution in [0.3, 0.4) is 0 Å². The molecule has 0 saturated carbocycles. The predicted molar refractivity (Wildman–Crippen MR) is 91.5 cm³/mol. The molecule has 4 N–H and O–H groups in total. The van der Waals surface area contributed by atoms with Crippen molar-refractivity contribution < 1.29 is 18.0 Å². The lowest BCUT2D eigenvalue weighted by Gasteiger charge is -2.06. The van der Waals surface area contributed by atoms with Crippen molar-refractivity contribution in [2.75, 3.05) is 0 Å². The molecular weight excluding hydrogens is 347 g/mol. The quantitative estimate of drug-likeness (QED) is 0.490. The van der Waals surface area contributed by atoms with E-state index in [0.717, 1.165) is 17.7 Å². The average Bonchev–Trinajstić information content (AvgIpc) is 3.02. The van der Waals surface area contributed by atoms with E-state index in [-0.39, 0.29) is 0 Å². The topological polar surface area (TPSA) is 96.2 Å². The summed E-state index contributed by atoms with van der Waals surface area (Å²) in [6.07, 6.45) is -4.38. The number of halogens is 3. The standard InChI is InChI=1S/C17H14F3N5O/c1-9(24-25-16(21)26)11-4-7-13-14(8-11)23-15(22-13)10-2-5-12(6-3-10)17(18,19)20/h2-8H,1H3,(H,22,23)(H3,21,25,26)/b24-9-. The second-order valence-corrected chi connectivity index (χ2v) is 5.57. The molecule has 3 aromatic rings. The number of primary amides is 1. The molecule has 0 aliphatic heterocycles. The summed E-state index contributed by atoms with van der Waals surface area (Å²) >= 11 is 0. The Morgan fingerprint density at radius 1 is 1.19 bits per heavy atom. The van der Waals surface area contributed by atoms with Gasteiger partial charge in [-0.15, -0.1) is 0 Å². The minimum atomic E-state index is -4.38. The number of nitrogens with zero attached hydrogens (tertiary/aromatic N) is 2. The van der Waals surface area contributed by atoms with Gasteiger partial charge in [-0.2, -0.15) is 18.3 Å². The Bertz CT molecular complexity index is 990. The van der Waals surface area contributed by atoms with Crippen LogP contribution in [0.5, 0.6) is 0 Å². The second kappa shape index (κ2) is 6.51. The van der Waals surface area contributed by atoms with E-state index < -0.39 is 17.8 Å². The third-order valence-corrected chi connectivity index (χ3v) is 3.72. The first-order valence-corrected chi connectivity index (χ1v) is 7.51. The number of carbonyl (C=O) groups excluding carboxylic acids is 1. The van der Waals surface area contributed by atoms with Gasteiger partial charge in [0.15, 0.2) is 0 Å². The molecule has 134 valence electrons. The first kappa shape index (κ1) is 17.5. The van der Waals surface area contributed by atoms with Gasteiger partial charge in [0.1, 0.15) is 5.82 Å². The zero-order valence-corrected chi connectivity index (χ0v) is 13.6. The molecular formula is C17H14F3N5O. The number of rotatable bonds is 3. The highest BCUT2D eigenvalue weighted by molar-refractivity contribution is 6.01. The van der Waals surface area contributed by atoms with Crippen LogP contribution in [0.4, 0.5) is 18.0 Å².